The minimum Gasteiger partial charge on any atom is -0.330 e. The van der Waals surface area contributed by atoms with Gasteiger partial charge in [0.2, 0.25) is 0 Å². The van der Waals surface area contributed by atoms with E-state index in [4.69, 9.17) is 5.73 Å². The molecule has 144 valence electrons. The van der Waals surface area contributed by atoms with Crippen molar-refractivity contribution in [2.45, 2.75) is 96.3 Å². The molecule has 0 amide bonds. The van der Waals surface area contributed by atoms with Crippen LogP contribution in [0.1, 0.15) is 96.3 Å². The summed E-state index contributed by atoms with van der Waals surface area (Å²) in [5.74, 6) is 0. The van der Waals surface area contributed by atoms with Crippen LogP contribution in [0.25, 0.3) is 0 Å². The first-order valence-corrected chi connectivity index (χ1v) is 11.1. The van der Waals surface area contributed by atoms with E-state index < -0.39 is 0 Å². The van der Waals surface area contributed by atoms with E-state index in [1.807, 2.05) is 0 Å². The molecule has 3 nitrogen and oxygen atoms in total. The van der Waals surface area contributed by atoms with Gasteiger partial charge >= 0.3 is 0 Å². The molecule has 0 spiro atoms. The predicted molar refractivity (Wildman–Crippen MR) is 108 cm³/mol. The number of nitrogens with two attached hydrogens (primary N) is 1. The molecular formula is C21H45N3. The van der Waals surface area contributed by atoms with Crippen molar-refractivity contribution < 1.29 is 0 Å². The average Bonchev–Trinajstić information content (AvgIpc) is 2.62. The minimum absolute atomic E-state index is 0.808. The first kappa shape index (κ1) is 21.9. The third kappa shape index (κ3) is 14.2. The molecule has 24 heavy (non-hydrogen) atoms. The Morgan fingerprint density at radius 1 is 0.583 bits per heavy atom. The largest absolute Gasteiger partial charge is 0.330 e. The van der Waals surface area contributed by atoms with Crippen LogP contribution in [-0.4, -0.2) is 44.2 Å². The maximum atomic E-state index is 5.50. The Bertz CT molecular complexity index is 231. The molecule has 1 saturated heterocycles. The lowest BCUT2D eigenvalue weighted by atomic mass is 10.1. The standard InChI is InChI=1S/C21H45N3/c22-16-15-18-23-17-11-7-10-14-21-24-19-12-8-5-3-1-2-4-6-9-13-20-24/h23H,1-22H2. The van der Waals surface area contributed by atoms with Crippen molar-refractivity contribution in [3.8, 4) is 0 Å². The number of rotatable bonds is 10. The molecule has 0 aromatic heterocycles. The number of nitrogens with one attached hydrogen (secondary N) is 1. The molecule has 0 bridgehead atoms. The molecule has 0 atom stereocenters. The molecule has 3 N–H and O–H groups in total. The quantitative estimate of drug-likeness (QED) is 0.567. The van der Waals surface area contributed by atoms with E-state index in [-0.39, 0.29) is 0 Å². The SMILES string of the molecule is NCCCNCCCCCCN1CCCCCCCCCCCC1. The molecular weight excluding hydrogens is 294 g/mol. The van der Waals surface area contributed by atoms with Crippen molar-refractivity contribution in [3.63, 3.8) is 0 Å². The predicted octanol–water partition coefficient (Wildman–Crippen LogP) is 4.70. The van der Waals surface area contributed by atoms with Crippen LogP contribution >= 0.6 is 0 Å². The summed E-state index contributed by atoms with van der Waals surface area (Å²) in [5, 5.41) is 3.48. The lowest BCUT2D eigenvalue weighted by Crippen LogP contribution is -2.27. The summed E-state index contributed by atoms with van der Waals surface area (Å²) in [4.78, 5) is 2.76. The molecule has 1 aliphatic heterocycles. The van der Waals surface area contributed by atoms with Crippen LogP contribution in [0.15, 0.2) is 0 Å². The van der Waals surface area contributed by atoms with Gasteiger partial charge in [0.1, 0.15) is 0 Å². The third-order valence-electron chi connectivity index (χ3n) is 5.33. The van der Waals surface area contributed by atoms with E-state index in [1.165, 1.54) is 116 Å². The van der Waals surface area contributed by atoms with Gasteiger partial charge in [-0.15, -0.1) is 0 Å². The van der Waals surface area contributed by atoms with E-state index in [1.54, 1.807) is 0 Å². The second-order valence-electron chi connectivity index (χ2n) is 7.68. The molecule has 1 aliphatic rings. The molecule has 0 aromatic carbocycles. The molecule has 1 fully saturated rings. The molecule has 0 saturated carbocycles. The fourth-order valence-corrected chi connectivity index (χ4v) is 3.71. The zero-order valence-electron chi connectivity index (χ0n) is 16.4. The molecule has 1 heterocycles. The molecule has 1 rings (SSSR count). The Kier molecular flexibility index (Phi) is 16.2. The first-order valence-electron chi connectivity index (χ1n) is 11.1. The summed E-state index contributed by atoms with van der Waals surface area (Å²) in [5.41, 5.74) is 5.50. The number of hydrogen-bond acceptors (Lipinski definition) is 3. The van der Waals surface area contributed by atoms with Crippen LogP contribution in [0.4, 0.5) is 0 Å². The Labute approximate surface area is 152 Å². The average molecular weight is 340 g/mol. The van der Waals surface area contributed by atoms with Crippen LogP contribution in [0, 0.1) is 0 Å². The van der Waals surface area contributed by atoms with Gasteiger partial charge in [-0.25, -0.2) is 0 Å². The lowest BCUT2D eigenvalue weighted by molar-refractivity contribution is 0.255. The van der Waals surface area contributed by atoms with Gasteiger partial charge in [-0.3, -0.25) is 0 Å². The highest BCUT2D eigenvalue weighted by Crippen LogP contribution is 2.13. The van der Waals surface area contributed by atoms with Crippen molar-refractivity contribution in [2.75, 3.05) is 39.3 Å². The molecule has 0 aliphatic carbocycles. The van der Waals surface area contributed by atoms with Gasteiger partial charge < -0.3 is 16.0 Å². The lowest BCUT2D eigenvalue weighted by Gasteiger charge is -2.22. The van der Waals surface area contributed by atoms with Gasteiger partial charge in [-0.2, -0.15) is 0 Å². The molecule has 0 radical (unpaired) electrons. The van der Waals surface area contributed by atoms with Crippen molar-refractivity contribution in [1.29, 1.82) is 0 Å². The summed E-state index contributed by atoms with van der Waals surface area (Å²) in [7, 11) is 0. The van der Waals surface area contributed by atoms with Gasteiger partial charge in [0.05, 0.1) is 0 Å². The van der Waals surface area contributed by atoms with Crippen LogP contribution in [0.5, 0.6) is 0 Å². The van der Waals surface area contributed by atoms with Gasteiger partial charge in [0.15, 0.2) is 0 Å². The summed E-state index contributed by atoms with van der Waals surface area (Å²) < 4.78 is 0. The zero-order chi connectivity index (χ0) is 17.1. The molecule has 0 unspecified atom stereocenters. The van der Waals surface area contributed by atoms with Gasteiger partial charge in [-0.1, -0.05) is 64.2 Å². The smallest absolute Gasteiger partial charge is 0.00187 e. The normalized spacial score (nSPS) is 19.4. The molecule has 3 heteroatoms. The second kappa shape index (κ2) is 17.7. The van der Waals surface area contributed by atoms with Crippen LogP contribution in [0.3, 0.4) is 0 Å². The van der Waals surface area contributed by atoms with Crippen LogP contribution in [0.2, 0.25) is 0 Å². The second-order valence-corrected chi connectivity index (χ2v) is 7.68. The van der Waals surface area contributed by atoms with Crippen LogP contribution < -0.4 is 11.1 Å². The fourth-order valence-electron chi connectivity index (χ4n) is 3.71. The van der Waals surface area contributed by atoms with Crippen molar-refractivity contribution in [1.82, 2.24) is 10.2 Å². The monoisotopic (exact) mass is 339 g/mol. The van der Waals surface area contributed by atoms with Crippen molar-refractivity contribution in [2.24, 2.45) is 5.73 Å². The summed E-state index contributed by atoms with van der Waals surface area (Å²) in [6.45, 7) is 7.10. The third-order valence-corrected chi connectivity index (χ3v) is 5.33. The number of hydrogen-bond donors (Lipinski definition) is 2. The Morgan fingerprint density at radius 2 is 1.08 bits per heavy atom. The maximum Gasteiger partial charge on any atom is -0.00187 e. The topological polar surface area (TPSA) is 41.3 Å². The van der Waals surface area contributed by atoms with E-state index in [9.17, 15) is 0 Å². The number of nitrogens with zero attached hydrogens (tertiary/aromatic N) is 1. The van der Waals surface area contributed by atoms with E-state index in [0.717, 1.165) is 19.5 Å². The summed E-state index contributed by atoms with van der Waals surface area (Å²) >= 11 is 0. The summed E-state index contributed by atoms with van der Waals surface area (Å²) in [6.07, 6.45) is 21.2. The highest BCUT2D eigenvalue weighted by molar-refractivity contribution is 4.61. The van der Waals surface area contributed by atoms with Crippen LogP contribution in [-0.2, 0) is 0 Å². The van der Waals surface area contributed by atoms with Crippen molar-refractivity contribution in [3.05, 3.63) is 0 Å². The zero-order valence-corrected chi connectivity index (χ0v) is 16.4. The van der Waals surface area contributed by atoms with E-state index in [0.29, 0.717) is 0 Å². The summed E-state index contributed by atoms with van der Waals surface area (Å²) in [6, 6.07) is 0. The molecule has 0 aromatic rings. The Hall–Kier alpha value is -0.120. The first-order chi connectivity index (χ1) is 11.9. The van der Waals surface area contributed by atoms with Crippen molar-refractivity contribution >= 4 is 0 Å². The van der Waals surface area contributed by atoms with E-state index >= 15 is 0 Å². The van der Waals surface area contributed by atoms with Gasteiger partial charge in [-0.05, 0) is 71.4 Å². The minimum atomic E-state index is 0.808. The fraction of sp³-hybridized carbons (Fsp3) is 1.00. The van der Waals surface area contributed by atoms with E-state index in [2.05, 4.69) is 10.2 Å². The van der Waals surface area contributed by atoms with Gasteiger partial charge in [0.25, 0.3) is 0 Å². The maximum absolute atomic E-state index is 5.50. The highest BCUT2D eigenvalue weighted by Gasteiger charge is 2.05. The van der Waals surface area contributed by atoms with Gasteiger partial charge in [0, 0.05) is 0 Å². The Balaban J connectivity index is 2.02. The Morgan fingerprint density at radius 3 is 1.67 bits per heavy atom. The number of unbranched alkanes of at least 4 members (excludes halogenated alkanes) is 3. The highest BCUT2D eigenvalue weighted by atomic mass is 15.1.